The number of nitrogens with zero attached hydrogens (tertiary/aromatic N) is 4. The zero-order valence-electron chi connectivity index (χ0n) is 11.2. The highest BCUT2D eigenvalue weighted by Gasteiger charge is 2.14. The lowest BCUT2D eigenvalue weighted by atomic mass is 10.1. The van der Waals surface area contributed by atoms with E-state index in [4.69, 9.17) is 0 Å². The largest absolute Gasteiger partial charge is 0.369 e. The molecule has 2 heterocycles. The molecule has 1 fully saturated rings. The van der Waals surface area contributed by atoms with E-state index in [1.54, 1.807) is 6.20 Å². The summed E-state index contributed by atoms with van der Waals surface area (Å²) in [4.78, 5) is 6.77. The number of anilines is 2. The van der Waals surface area contributed by atoms with Crippen LogP contribution in [-0.2, 0) is 0 Å². The fraction of sp³-hybridized carbons (Fsp3) is 0.769. The predicted octanol–water partition coefficient (Wildman–Crippen LogP) is 2.46. The molecule has 100 valence electrons. The third-order valence-electron chi connectivity index (χ3n) is 3.27. The van der Waals surface area contributed by atoms with Crippen molar-refractivity contribution >= 4 is 11.8 Å². The van der Waals surface area contributed by atoms with Crippen molar-refractivity contribution in [3.8, 4) is 0 Å². The highest BCUT2D eigenvalue weighted by molar-refractivity contribution is 5.38. The molecule has 0 atom stereocenters. The normalized spacial score (nSPS) is 15.7. The maximum absolute atomic E-state index is 4.54. The van der Waals surface area contributed by atoms with E-state index < -0.39 is 0 Å². The van der Waals surface area contributed by atoms with Crippen LogP contribution in [0.1, 0.15) is 45.4 Å². The van der Waals surface area contributed by atoms with E-state index >= 15 is 0 Å². The summed E-state index contributed by atoms with van der Waals surface area (Å²) in [7, 11) is 0. The summed E-state index contributed by atoms with van der Waals surface area (Å²) >= 11 is 0. The lowest BCUT2D eigenvalue weighted by molar-refractivity contribution is 0.565. The van der Waals surface area contributed by atoms with Crippen LogP contribution in [0, 0.1) is 0 Å². The molecule has 18 heavy (non-hydrogen) atoms. The lowest BCUT2D eigenvalue weighted by Gasteiger charge is -2.26. The molecule has 0 spiro atoms. The first-order valence-electron chi connectivity index (χ1n) is 7.08. The van der Waals surface area contributed by atoms with Crippen molar-refractivity contribution in [2.45, 2.75) is 45.4 Å². The number of hydrogen-bond acceptors (Lipinski definition) is 5. The fourth-order valence-corrected chi connectivity index (χ4v) is 2.20. The van der Waals surface area contributed by atoms with Gasteiger partial charge in [-0.2, -0.15) is 10.1 Å². The molecule has 2 rings (SSSR count). The molecule has 0 bridgehead atoms. The summed E-state index contributed by atoms with van der Waals surface area (Å²) in [5.41, 5.74) is 0. The van der Waals surface area contributed by atoms with Crippen LogP contribution in [0.4, 0.5) is 11.8 Å². The molecule has 5 heteroatoms. The van der Waals surface area contributed by atoms with Crippen molar-refractivity contribution in [1.82, 2.24) is 15.2 Å². The quantitative estimate of drug-likeness (QED) is 0.785. The van der Waals surface area contributed by atoms with Gasteiger partial charge in [0.25, 0.3) is 0 Å². The Morgan fingerprint density at radius 2 is 2.06 bits per heavy atom. The summed E-state index contributed by atoms with van der Waals surface area (Å²) in [5.74, 6) is 1.62. The Morgan fingerprint density at radius 1 is 1.22 bits per heavy atom. The molecule has 5 nitrogen and oxygen atoms in total. The van der Waals surface area contributed by atoms with Crippen LogP contribution >= 0.6 is 0 Å². The minimum atomic E-state index is 0.773. The minimum absolute atomic E-state index is 0.773. The molecule has 1 aromatic heterocycles. The van der Waals surface area contributed by atoms with Crippen LogP contribution in [0.15, 0.2) is 6.20 Å². The van der Waals surface area contributed by atoms with Crippen molar-refractivity contribution in [2.24, 2.45) is 0 Å². The van der Waals surface area contributed by atoms with Gasteiger partial charge in [0, 0.05) is 19.6 Å². The number of rotatable bonds is 6. The predicted molar refractivity (Wildman–Crippen MR) is 73.9 cm³/mol. The third kappa shape index (κ3) is 3.82. The number of aromatic nitrogens is 3. The first kappa shape index (κ1) is 13.1. The zero-order valence-corrected chi connectivity index (χ0v) is 11.2. The van der Waals surface area contributed by atoms with Gasteiger partial charge in [-0.15, -0.1) is 5.10 Å². The van der Waals surface area contributed by atoms with Gasteiger partial charge >= 0.3 is 0 Å². The van der Waals surface area contributed by atoms with Gasteiger partial charge in [0.05, 0.1) is 6.20 Å². The maximum Gasteiger partial charge on any atom is 0.247 e. The van der Waals surface area contributed by atoms with Gasteiger partial charge in [-0.1, -0.05) is 19.8 Å². The van der Waals surface area contributed by atoms with Crippen LogP contribution in [0.2, 0.25) is 0 Å². The van der Waals surface area contributed by atoms with E-state index in [9.17, 15) is 0 Å². The minimum Gasteiger partial charge on any atom is -0.369 e. The molecule has 1 N–H and O–H groups in total. The Bertz CT molecular complexity index is 349. The molecular formula is C13H23N5. The molecule has 0 unspecified atom stereocenters. The number of nitrogens with one attached hydrogen (secondary N) is 1. The van der Waals surface area contributed by atoms with E-state index in [1.165, 1.54) is 38.5 Å². The van der Waals surface area contributed by atoms with E-state index in [-0.39, 0.29) is 0 Å². The van der Waals surface area contributed by atoms with E-state index in [2.05, 4.69) is 32.3 Å². The molecule has 1 aliphatic rings. The molecular weight excluding hydrogens is 226 g/mol. The second kappa shape index (κ2) is 7.13. The van der Waals surface area contributed by atoms with Gasteiger partial charge in [0.2, 0.25) is 5.95 Å². The topological polar surface area (TPSA) is 53.9 Å². The van der Waals surface area contributed by atoms with E-state index in [1.807, 2.05) is 0 Å². The molecule has 0 radical (unpaired) electrons. The van der Waals surface area contributed by atoms with Gasteiger partial charge in [0.15, 0.2) is 5.82 Å². The Labute approximate surface area is 109 Å². The van der Waals surface area contributed by atoms with E-state index in [0.717, 1.165) is 31.4 Å². The Kier molecular flexibility index (Phi) is 5.17. The fourth-order valence-electron chi connectivity index (χ4n) is 2.20. The molecule has 1 aliphatic heterocycles. The van der Waals surface area contributed by atoms with Crippen LogP contribution in [0.3, 0.4) is 0 Å². The van der Waals surface area contributed by atoms with Gasteiger partial charge in [-0.3, -0.25) is 0 Å². The van der Waals surface area contributed by atoms with E-state index in [0.29, 0.717) is 0 Å². The van der Waals surface area contributed by atoms with Gasteiger partial charge < -0.3 is 10.2 Å². The molecule has 0 aliphatic carbocycles. The van der Waals surface area contributed by atoms with Gasteiger partial charge in [-0.25, -0.2) is 0 Å². The summed E-state index contributed by atoms with van der Waals surface area (Å²) in [6, 6.07) is 0. The molecule has 0 aromatic carbocycles. The molecule has 0 saturated carbocycles. The third-order valence-corrected chi connectivity index (χ3v) is 3.27. The Morgan fingerprint density at radius 3 is 2.83 bits per heavy atom. The maximum atomic E-state index is 4.54. The Hall–Kier alpha value is -1.39. The highest BCUT2D eigenvalue weighted by Crippen LogP contribution is 2.15. The monoisotopic (exact) mass is 249 g/mol. The molecule has 1 aromatic rings. The Balaban J connectivity index is 1.88. The van der Waals surface area contributed by atoms with Crippen LogP contribution in [0.5, 0.6) is 0 Å². The average molecular weight is 249 g/mol. The second-order valence-electron chi connectivity index (χ2n) is 4.82. The van der Waals surface area contributed by atoms with Gasteiger partial charge in [-0.05, 0) is 25.7 Å². The van der Waals surface area contributed by atoms with Crippen LogP contribution < -0.4 is 10.2 Å². The number of unbranched alkanes of at least 4 members (excludes halogenated alkanes) is 2. The van der Waals surface area contributed by atoms with Crippen molar-refractivity contribution in [3.63, 3.8) is 0 Å². The summed E-state index contributed by atoms with van der Waals surface area (Å²) in [6.45, 7) is 5.29. The smallest absolute Gasteiger partial charge is 0.247 e. The highest BCUT2D eigenvalue weighted by atomic mass is 15.3. The molecule has 0 amide bonds. The second-order valence-corrected chi connectivity index (χ2v) is 4.82. The van der Waals surface area contributed by atoms with Crippen molar-refractivity contribution in [2.75, 3.05) is 29.9 Å². The number of piperidine rings is 1. The van der Waals surface area contributed by atoms with Crippen LogP contribution in [-0.4, -0.2) is 34.8 Å². The summed E-state index contributed by atoms with van der Waals surface area (Å²) in [5, 5.41) is 11.5. The number of hydrogen-bond donors (Lipinski definition) is 1. The first-order chi connectivity index (χ1) is 8.90. The average Bonchev–Trinajstić information content (AvgIpc) is 2.45. The lowest BCUT2D eigenvalue weighted by Crippen LogP contribution is -2.31. The summed E-state index contributed by atoms with van der Waals surface area (Å²) in [6.07, 6.45) is 9.17. The standard InChI is InChI=1S/C13H23N5/c1-2-3-5-8-14-12-11-15-17-13(16-12)18-9-6-4-7-10-18/h11H,2-10H2,1H3,(H,14,16,17). The molecule has 1 saturated heterocycles. The van der Waals surface area contributed by atoms with Crippen molar-refractivity contribution in [1.29, 1.82) is 0 Å². The van der Waals surface area contributed by atoms with Gasteiger partial charge in [0.1, 0.15) is 0 Å². The first-order valence-corrected chi connectivity index (χ1v) is 7.08. The van der Waals surface area contributed by atoms with Crippen molar-refractivity contribution < 1.29 is 0 Å². The zero-order chi connectivity index (χ0) is 12.6. The van der Waals surface area contributed by atoms with Crippen LogP contribution in [0.25, 0.3) is 0 Å². The van der Waals surface area contributed by atoms with Crippen molar-refractivity contribution in [3.05, 3.63) is 6.20 Å². The SMILES string of the molecule is CCCCCNc1cnnc(N2CCCCC2)n1. The summed E-state index contributed by atoms with van der Waals surface area (Å²) < 4.78 is 0.